The molecule has 0 spiro atoms. The van der Waals surface area contributed by atoms with Gasteiger partial charge < -0.3 is 14.9 Å². The highest BCUT2D eigenvalue weighted by Gasteiger charge is 2.31. The lowest BCUT2D eigenvalue weighted by atomic mass is 10.1. The van der Waals surface area contributed by atoms with Gasteiger partial charge in [-0.05, 0) is 12.6 Å². The normalized spacial score (nSPS) is 19.3. The van der Waals surface area contributed by atoms with Crippen molar-refractivity contribution in [1.82, 2.24) is 24.8 Å². The van der Waals surface area contributed by atoms with Crippen molar-refractivity contribution in [3.05, 3.63) is 52.5 Å². The van der Waals surface area contributed by atoms with E-state index >= 15 is 0 Å². The lowest BCUT2D eigenvalue weighted by Gasteiger charge is -2.40. The van der Waals surface area contributed by atoms with E-state index in [9.17, 15) is 9.59 Å². The van der Waals surface area contributed by atoms with Crippen LogP contribution >= 0.6 is 0 Å². The third-order valence-electron chi connectivity index (χ3n) is 4.05. The first-order chi connectivity index (χ1) is 10.7. The van der Waals surface area contributed by atoms with Crippen LogP contribution in [0.3, 0.4) is 0 Å². The number of nitrogens with zero attached hydrogens (tertiary/aromatic N) is 3. The molecule has 3 heterocycles. The molecule has 0 bridgehead atoms. The minimum absolute atomic E-state index is 0.0661. The molecule has 3 rings (SSSR count). The molecule has 0 saturated carbocycles. The Balaban J connectivity index is 1.79. The number of aromatic nitrogens is 3. The molecule has 1 aliphatic rings. The van der Waals surface area contributed by atoms with Crippen molar-refractivity contribution < 1.29 is 4.79 Å². The molecule has 1 fully saturated rings. The van der Waals surface area contributed by atoms with E-state index in [2.05, 4.69) is 26.8 Å². The van der Waals surface area contributed by atoms with Crippen molar-refractivity contribution in [2.24, 2.45) is 0 Å². The molecule has 1 saturated heterocycles. The van der Waals surface area contributed by atoms with Gasteiger partial charge in [0.15, 0.2) is 0 Å². The van der Waals surface area contributed by atoms with Crippen molar-refractivity contribution in [1.29, 1.82) is 0 Å². The smallest absolute Gasteiger partial charge is 0.255 e. The highest BCUT2D eigenvalue weighted by Crippen LogP contribution is 2.23. The average Bonchev–Trinajstić information content (AvgIpc) is 3.08. The van der Waals surface area contributed by atoms with Gasteiger partial charge in [-0.3, -0.25) is 14.5 Å². The molecule has 0 aromatic carbocycles. The van der Waals surface area contributed by atoms with Crippen molar-refractivity contribution in [3.8, 4) is 0 Å². The summed E-state index contributed by atoms with van der Waals surface area (Å²) < 4.78 is 0. The molecule has 2 N–H and O–H groups in total. The molecule has 2 aromatic heterocycles. The van der Waals surface area contributed by atoms with Crippen LogP contribution < -0.4 is 5.56 Å². The molecule has 0 aliphatic carbocycles. The summed E-state index contributed by atoms with van der Waals surface area (Å²) in [7, 11) is 0. The van der Waals surface area contributed by atoms with Crippen LogP contribution in [-0.2, 0) is 0 Å². The number of hydrogen-bond acceptors (Lipinski definition) is 4. The summed E-state index contributed by atoms with van der Waals surface area (Å²) in [6, 6.07) is 3.01. The second kappa shape index (κ2) is 6.15. The number of likely N-dealkylation sites (N-methyl/N-ethyl adjacent to an activating group) is 1. The van der Waals surface area contributed by atoms with Gasteiger partial charge in [-0.15, -0.1) is 0 Å². The quantitative estimate of drug-likeness (QED) is 0.870. The van der Waals surface area contributed by atoms with E-state index in [1.54, 1.807) is 18.5 Å². The fourth-order valence-corrected chi connectivity index (χ4v) is 2.83. The highest BCUT2D eigenvalue weighted by atomic mass is 16.2. The number of aromatic amines is 2. The fraction of sp³-hybridized carbons (Fsp3) is 0.400. The fourth-order valence-electron chi connectivity index (χ4n) is 2.83. The molecular formula is C15H19N5O2. The predicted octanol–water partition coefficient (Wildman–Crippen LogP) is 0.617. The first-order valence-corrected chi connectivity index (χ1v) is 7.40. The number of rotatable bonds is 3. The first kappa shape index (κ1) is 14.5. The second-order valence-corrected chi connectivity index (χ2v) is 5.31. The Hall–Kier alpha value is -2.41. The molecule has 1 aliphatic heterocycles. The van der Waals surface area contributed by atoms with Crippen molar-refractivity contribution in [3.63, 3.8) is 0 Å². The van der Waals surface area contributed by atoms with Gasteiger partial charge >= 0.3 is 0 Å². The Bertz CT molecular complexity index is 674. The maximum Gasteiger partial charge on any atom is 0.255 e. The minimum Gasteiger partial charge on any atom is -0.347 e. The van der Waals surface area contributed by atoms with E-state index in [4.69, 9.17) is 0 Å². The number of imidazole rings is 1. The molecule has 2 aromatic rings. The van der Waals surface area contributed by atoms with Gasteiger partial charge in [0.25, 0.3) is 5.91 Å². The van der Waals surface area contributed by atoms with E-state index in [-0.39, 0.29) is 17.5 Å². The van der Waals surface area contributed by atoms with Crippen LogP contribution in [0.25, 0.3) is 0 Å². The van der Waals surface area contributed by atoms with Crippen LogP contribution in [0.5, 0.6) is 0 Å². The Kier molecular flexibility index (Phi) is 4.06. The van der Waals surface area contributed by atoms with Gasteiger partial charge in [0.05, 0.1) is 11.6 Å². The van der Waals surface area contributed by atoms with Crippen LogP contribution in [0.2, 0.25) is 0 Å². The summed E-state index contributed by atoms with van der Waals surface area (Å²) >= 11 is 0. The zero-order chi connectivity index (χ0) is 15.5. The third-order valence-corrected chi connectivity index (χ3v) is 4.05. The maximum absolute atomic E-state index is 12.6. The Morgan fingerprint density at radius 1 is 1.36 bits per heavy atom. The number of nitrogens with one attached hydrogen (secondary N) is 2. The van der Waals surface area contributed by atoms with Crippen LogP contribution in [0.15, 0.2) is 35.5 Å². The van der Waals surface area contributed by atoms with Crippen LogP contribution in [0.4, 0.5) is 0 Å². The van der Waals surface area contributed by atoms with E-state index in [0.29, 0.717) is 18.7 Å². The van der Waals surface area contributed by atoms with Gasteiger partial charge in [0.1, 0.15) is 5.82 Å². The largest absolute Gasteiger partial charge is 0.347 e. The van der Waals surface area contributed by atoms with Gasteiger partial charge in [0.2, 0.25) is 5.56 Å². The first-order valence-electron chi connectivity index (χ1n) is 7.40. The third kappa shape index (κ3) is 2.80. The molecule has 7 heteroatoms. The SMILES string of the molecule is CCN1CCN(C(=O)c2ccc(=O)[nH]c2)C[C@@H]1c1ncc[nH]1. The average molecular weight is 301 g/mol. The minimum atomic E-state index is -0.208. The molecule has 1 amide bonds. The highest BCUT2D eigenvalue weighted by molar-refractivity contribution is 5.94. The Morgan fingerprint density at radius 2 is 2.23 bits per heavy atom. The Morgan fingerprint density at radius 3 is 2.86 bits per heavy atom. The predicted molar refractivity (Wildman–Crippen MR) is 81.5 cm³/mol. The van der Waals surface area contributed by atoms with Gasteiger partial charge in [-0.1, -0.05) is 6.92 Å². The van der Waals surface area contributed by atoms with E-state index in [0.717, 1.165) is 18.9 Å². The number of H-pyrrole nitrogens is 2. The Labute approximate surface area is 128 Å². The number of hydrogen-bond donors (Lipinski definition) is 2. The summed E-state index contributed by atoms with van der Waals surface area (Å²) in [4.78, 5) is 37.8. The zero-order valence-electron chi connectivity index (χ0n) is 12.5. The molecule has 0 radical (unpaired) electrons. The van der Waals surface area contributed by atoms with Crippen molar-refractivity contribution in [2.45, 2.75) is 13.0 Å². The number of carbonyl (C=O) groups is 1. The topological polar surface area (TPSA) is 85.1 Å². The van der Waals surface area contributed by atoms with Crippen LogP contribution in [-0.4, -0.2) is 56.8 Å². The molecule has 7 nitrogen and oxygen atoms in total. The van der Waals surface area contributed by atoms with E-state index in [1.807, 2.05) is 4.90 Å². The van der Waals surface area contributed by atoms with E-state index < -0.39 is 0 Å². The number of amides is 1. The van der Waals surface area contributed by atoms with Crippen molar-refractivity contribution >= 4 is 5.91 Å². The zero-order valence-corrected chi connectivity index (χ0v) is 12.5. The summed E-state index contributed by atoms with van der Waals surface area (Å²) in [5.74, 6) is 0.810. The maximum atomic E-state index is 12.6. The monoisotopic (exact) mass is 301 g/mol. The summed E-state index contributed by atoms with van der Waals surface area (Å²) in [6.45, 7) is 5.07. The van der Waals surface area contributed by atoms with Crippen LogP contribution in [0, 0.1) is 0 Å². The second-order valence-electron chi connectivity index (χ2n) is 5.31. The van der Waals surface area contributed by atoms with Gasteiger partial charge in [-0.2, -0.15) is 0 Å². The van der Waals surface area contributed by atoms with Gasteiger partial charge in [-0.25, -0.2) is 4.98 Å². The number of pyridine rings is 1. The lowest BCUT2D eigenvalue weighted by Crippen LogP contribution is -2.50. The van der Waals surface area contributed by atoms with Gasteiger partial charge in [0, 0.05) is 44.3 Å². The summed E-state index contributed by atoms with van der Waals surface area (Å²) in [5.41, 5.74) is 0.295. The van der Waals surface area contributed by atoms with E-state index in [1.165, 1.54) is 12.3 Å². The molecule has 1 atom stereocenters. The van der Waals surface area contributed by atoms with Crippen molar-refractivity contribution in [2.75, 3.05) is 26.2 Å². The molecule has 22 heavy (non-hydrogen) atoms. The lowest BCUT2D eigenvalue weighted by molar-refractivity contribution is 0.0479. The summed E-state index contributed by atoms with van der Waals surface area (Å²) in [5, 5.41) is 0. The summed E-state index contributed by atoms with van der Waals surface area (Å²) in [6.07, 6.45) is 5.00. The molecule has 116 valence electrons. The molecule has 0 unspecified atom stereocenters. The number of carbonyl (C=O) groups excluding carboxylic acids is 1. The standard InChI is InChI=1S/C15H19N5O2/c1-2-19-7-8-20(10-12(19)14-16-5-6-17-14)15(22)11-3-4-13(21)18-9-11/h3-6,9,12H,2,7-8,10H2,1H3,(H,16,17)(H,18,21)/t12-/m1/s1. The van der Waals surface area contributed by atoms with Crippen LogP contribution in [0.1, 0.15) is 29.1 Å². The molecular weight excluding hydrogens is 282 g/mol. The number of piperazine rings is 1.